The smallest absolute Gasteiger partial charge is 0.375 e. The van der Waals surface area contributed by atoms with E-state index >= 15 is 0 Å². The molecule has 0 aliphatic rings. The van der Waals surface area contributed by atoms with Gasteiger partial charge in [0.05, 0.1) is 4.92 Å². The monoisotopic (exact) mass is 227 g/mol. The second kappa shape index (κ2) is 4.31. The van der Waals surface area contributed by atoms with Crippen molar-refractivity contribution in [1.82, 2.24) is 9.88 Å². The number of H-pyrrole nitrogens is 1. The minimum atomic E-state index is -0.887. The predicted molar refractivity (Wildman–Crippen MR) is 57.5 cm³/mol. The number of nitrogens with one attached hydrogen (secondary N) is 1. The largest absolute Gasteiger partial charge is 0.502 e. The topological polar surface area (TPSA) is 99.5 Å². The molecule has 0 aromatic carbocycles. The Kier molecular flexibility index (Phi) is 3.28. The number of aromatic nitrogens is 1. The average Bonchev–Trinajstić information content (AvgIpc) is 2.10. The summed E-state index contributed by atoms with van der Waals surface area (Å²) in [5.74, 6) is -0.556. The number of aryl methyl sites for hydroxylation is 1. The quantitative estimate of drug-likeness (QED) is 0.573. The molecule has 0 aliphatic heterocycles. The summed E-state index contributed by atoms with van der Waals surface area (Å²) in [6.45, 7) is 1.90. The Labute approximate surface area is 91.5 Å². The molecule has 0 saturated carbocycles. The molecule has 0 saturated heterocycles. The second-order valence-electron chi connectivity index (χ2n) is 3.75. The fraction of sp³-hybridized carbons (Fsp3) is 0.444. The van der Waals surface area contributed by atoms with Crippen LogP contribution in [0.3, 0.4) is 0 Å². The lowest BCUT2D eigenvalue weighted by Gasteiger charge is -2.13. The van der Waals surface area contributed by atoms with Crippen LogP contribution >= 0.6 is 0 Å². The minimum absolute atomic E-state index is 0.315. The van der Waals surface area contributed by atoms with Crippen molar-refractivity contribution in [3.05, 3.63) is 31.7 Å². The van der Waals surface area contributed by atoms with Crippen molar-refractivity contribution < 1.29 is 10.0 Å². The van der Waals surface area contributed by atoms with E-state index in [1.54, 1.807) is 25.9 Å². The number of hydrogen-bond donors (Lipinski definition) is 2. The summed E-state index contributed by atoms with van der Waals surface area (Å²) in [5, 5.41) is 20.3. The molecule has 1 aromatic heterocycles. The highest BCUT2D eigenvalue weighted by molar-refractivity contribution is 5.50. The second-order valence-corrected chi connectivity index (χ2v) is 3.75. The first-order valence-corrected chi connectivity index (χ1v) is 4.58. The Balaban J connectivity index is 3.45. The molecule has 7 nitrogen and oxygen atoms in total. The van der Waals surface area contributed by atoms with E-state index in [9.17, 15) is 20.0 Å². The van der Waals surface area contributed by atoms with Gasteiger partial charge in [0.2, 0.25) is 5.75 Å². The molecular weight excluding hydrogens is 214 g/mol. The Morgan fingerprint density at radius 1 is 1.50 bits per heavy atom. The summed E-state index contributed by atoms with van der Waals surface area (Å²) in [6, 6.07) is 0. The molecule has 16 heavy (non-hydrogen) atoms. The molecule has 0 fully saturated rings. The Bertz CT molecular complexity index is 478. The van der Waals surface area contributed by atoms with Crippen LogP contribution in [0.4, 0.5) is 5.69 Å². The minimum Gasteiger partial charge on any atom is -0.502 e. The van der Waals surface area contributed by atoms with Crippen LogP contribution in [-0.4, -0.2) is 34.0 Å². The lowest BCUT2D eigenvalue weighted by Crippen LogP contribution is -2.18. The van der Waals surface area contributed by atoms with Crippen molar-refractivity contribution in [1.29, 1.82) is 0 Å². The molecule has 0 atom stereocenters. The maximum absolute atomic E-state index is 11.3. The van der Waals surface area contributed by atoms with Crippen LogP contribution in [0.1, 0.15) is 11.3 Å². The van der Waals surface area contributed by atoms with Gasteiger partial charge < -0.3 is 15.0 Å². The first kappa shape index (κ1) is 12.2. The van der Waals surface area contributed by atoms with Crippen LogP contribution in [0, 0.1) is 17.0 Å². The highest BCUT2D eigenvalue weighted by Gasteiger charge is 2.24. The third-order valence-corrected chi connectivity index (χ3v) is 2.14. The summed E-state index contributed by atoms with van der Waals surface area (Å²) in [4.78, 5) is 25.1. The zero-order chi connectivity index (χ0) is 12.5. The highest BCUT2D eigenvalue weighted by Crippen LogP contribution is 2.27. The molecular formula is C9H13N3O4. The fourth-order valence-corrected chi connectivity index (χ4v) is 1.41. The van der Waals surface area contributed by atoms with Crippen LogP contribution in [-0.2, 0) is 6.54 Å². The van der Waals surface area contributed by atoms with Gasteiger partial charge in [-0.15, -0.1) is 0 Å². The average molecular weight is 227 g/mol. The molecule has 0 aliphatic carbocycles. The van der Waals surface area contributed by atoms with Gasteiger partial charge in [0, 0.05) is 17.8 Å². The van der Waals surface area contributed by atoms with Gasteiger partial charge in [-0.3, -0.25) is 14.9 Å². The molecule has 1 rings (SSSR count). The summed E-state index contributed by atoms with van der Waals surface area (Å²) in [6.07, 6.45) is 0. The van der Waals surface area contributed by atoms with Gasteiger partial charge in [-0.25, -0.2) is 0 Å². The lowest BCUT2D eigenvalue weighted by molar-refractivity contribution is -0.387. The maximum Gasteiger partial charge on any atom is 0.375 e. The summed E-state index contributed by atoms with van der Waals surface area (Å²) in [7, 11) is 3.52. The number of nitrogens with zero attached hydrogens (tertiary/aromatic N) is 2. The Hall–Kier alpha value is -1.89. The molecule has 1 heterocycles. The Morgan fingerprint density at radius 3 is 2.50 bits per heavy atom. The van der Waals surface area contributed by atoms with E-state index in [1.807, 2.05) is 0 Å². The number of pyridine rings is 1. The summed E-state index contributed by atoms with van der Waals surface area (Å²) in [5.41, 5.74) is -0.900. The maximum atomic E-state index is 11.3. The highest BCUT2D eigenvalue weighted by atomic mass is 16.6. The van der Waals surface area contributed by atoms with E-state index in [2.05, 4.69) is 4.98 Å². The van der Waals surface area contributed by atoms with E-state index < -0.39 is 21.9 Å². The first-order valence-electron chi connectivity index (χ1n) is 4.58. The van der Waals surface area contributed by atoms with Crippen LogP contribution in [0.15, 0.2) is 4.79 Å². The van der Waals surface area contributed by atoms with E-state index in [1.165, 1.54) is 0 Å². The molecule has 2 N–H and O–H groups in total. The van der Waals surface area contributed by atoms with Gasteiger partial charge in [-0.1, -0.05) is 0 Å². The van der Waals surface area contributed by atoms with Crippen LogP contribution < -0.4 is 5.56 Å². The molecule has 0 unspecified atom stereocenters. The molecule has 88 valence electrons. The number of aromatic amines is 1. The van der Waals surface area contributed by atoms with Crippen molar-refractivity contribution in [3.63, 3.8) is 0 Å². The molecule has 0 spiro atoms. The van der Waals surface area contributed by atoms with Crippen molar-refractivity contribution >= 4 is 5.69 Å². The SMILES string of the molecule is Cc1[nH]c(=O)c([N+](=O)[O-])c(O)c1CN(C)C. The van der Waals surface area contributed by atoms with Crippen LogP contribution in [0.5, 0.6) is 5.75 Å². The Morgan fingerprint density at radius 2 is 2.06 bits per heavy atom. The normalized spacial score (nSPS) is 10.8. The lowest BCUT2D eigenvalue weighted by atomic mass is 10.1. The number of aromatic hydroxyl groups is 1. The standard InChI is InChI=1S/C9H13N3O4/c1-5-6(4-11(2)3)8(13)7(12(15)16)9(14)10-5/h4H2,1-3H3,(H2,10,13,14). The number of nitro groups is 1. The third kappa shape index (κ3) is 2.19. The van der Waals surface area contributed by atoms with Gasteiger partial charge in [0.15, 0.2) is 0 Å². The zero-order valence-corrected chi connectivity index (χ0v) is 9.27. The van der Waals surface area contributed by atoms with Crippen molar-refractivity contribution in [2.45, 2.75) is 13.5 Å². The van der Waals surface area contributed by atoms with E-state index in [-0.39, 0.29) is 0 Å². The van der Waals surface area contributed by atoms with E-state index in [0.717, 1.165) is 0 Å². The van der Waals surface area contributed by atoms with E-state index in [4.69, 9.17) is 0 Å². The van der Waals surface area contributed by atoms with Crippen LogP contribution in [0.2, 0.25) is 0 Å². The molecule has 0 bridgehead atoms. The van der Waals surface area contributed by atoms with Gasteiger partial charge in [-0.05, 0) is 21.0 Å². The van der Waals surface area contributed by atoms with Crippen LogP contribution in [0.25, 0.3) is 0 Å². The van der Waals surface area contributed by atoms with Crippen molar-refractivity contribution in [3.8, 4) is 5.75 Å². The zero-order valence-electron chi connectivity index (χ0n) is 9.27. The molecule has 1 aromatic rings. The van der Waals surface area contributed by atoms with E-state index in [0.29, 0.717) is 17.8 Å². The van der Waals surface area contributed by atoms with Crippen molar-refractivity contribution in [2.75, 3.05) is 14.1 Å². The molecule has 0 amide bonds. The van der Waals surface area contributed by atoms with Gasteiger partial charge in [-0.2, -0.15) is 0 Å². The van der Waals surface area contributed by atoms with Gasteiger partial charge in [0.1, 0.15) is 0 Å². The molecule has 7 heteroatoms. The number of hydrogen-bond acceptors (Lipinski definition) is 5. The number of rotatable bonds is 3. The van der Waals surface area contributed by atoms with Gasteiger partial charge in [0.25, 0.3) is 0 Å². The molecule has 0 radical (unpaired) electrons. The third-order valence-electron chi connectivity index (χ3n) is 2.14. The first-order chi connectivity index (χ1) is 7.34. The van der Waals surface area contributed by atoms with Gasteiger partial charge >= 0.3 is 11.2 Å². The summed E-state index contributed by atoms with van der Waals surface area (Å²) >= 11 is 0. The predicted octanol–water partition coefficient (Wildman–Crippen LogP) is 0.359. The van der Waals surface area contributed by atoms with Crippen molar-refractivity contribution in [2.24, 2.45) is 0 Å². The fourth-order valence-electron chi connectivity index (χ4n) is 1.41. The summed E-state index contributed by atoms with van der Waals surface area (Å²) < 4.78 is 0.